The van der Waals surface area contributed by atoms with Gasteiger partial charge in [0.05, 0.1) is 17.3 Å². The highest BCUT2D eigenvalue weighted by Gasteiger charge is 2.33. The summed E-state index contributed by atoms with van der Waals surface area (Å²) in [6.45, 7) is 0.926. The Bertz CT molecular complexity index is 391. The number of aromatic nitrogens is 1. The second kappa shape index (κ2) is 5.10. The molecule has 1 aliphatic carbocycles. The maximum absolute atomic E-state index is 9.50. The highest BCUT2D eigenvalue weighted by molar-refractivity contribution is 6.30. The number of aliphatic hydroxyl groups is 1. The molecule has 1 aliphatic rings. The fourth-order valence-electron chi connectivity index (χ4n) is 2.39. The number of nitrogen functional groups attached to an aromatic ring is 1. The zero-order valence-corrected chi connectivity index (χ0v) is 10.5. The maximum atomic E-state index is 9.50. The van der Waals surface area contributed by atoms with Gasteiger partial charge in [-0.25, -0.2) is 4.98 Å². The largest absolute Gasteiger partial charge is 0.396 e. The average molecular weight is 256 g/mol. The second-order valence-corrected chi connectivity index (χ2v) is 5.25. The summed E-state index contributed by atoms with van der Waals surface area (Å²) in [6, 6.07) is 1.68. The third-order valence-electron chi connectivity index (χ3n) is 3.51. The van der Waals surface area contributed by atoms with E-state index in [1.165, 1.54) is 12.8 Å². The topological polar surface area (TPSA) is 71.2 Å². The van der Waals surface area contributed by atoms with E-state index in [4.69, 9.17) is 17.3 Å². The zero-order valence-electron chi connectivity index (χ0n) is 9.75. The van der Waals surface area contributed by atoms with Crippen LogP contribution in [0.2, 0.25) is 5.02 Å². The highest BCUT2D eigenvalue weighted by Crippen LogP contribution is 2.37. The molecule has 1 aromatic heterocycles. The molecule has 0 atom stereocenters. The Morgan fingerprint density at radius 3 is 2.76 bits per heavy atom. The van der Waals surface area contributed by atoms with Crippen LogP contribution in [0, 0.1) is 5.41 Å². The monoisotopic (exact) mass is 255 g/mol. The van der Waals surface area contributed by atoms with Gasteiger partial charge < -0.3 is 16.2 Å². The molecule has 1 saturated carbocycles. The number of halogens is 1. The van der Waals surface area contributed by atoms with E-state index in [0.29, 0.717) is 23.1 Å². The molecule has 1 heterocycles. The zero-order chi connectivity index (χ0) is 12.3. The molecular weight excluding hydrogens is 238 g/mol. The molecule has 2 rings (SSSR count). The van der Waals surface area contributed by atoms with Crippen molar-refractivity contribution in [2.45, 2.75) is 25.7 Å². The van der Waals surface area contributed by atoms with Crippen molar-refractivity contribution in [1.29, 1.82) is 0 Å². The van der Waals surface area contributed by atoms with Crippen molar-refractivity contribution in [3.8, 4) is 0 Å². The normalized spacial score (nSPS) is 18.2. The van der Waals surface area contributed by atoms with Crippen LogP contribution in [0.4, 0.5) is 11.5 Å². The van der Waals surface area contributed by atoms with Gasteiger partial charge in [-0.05, 0) is 18.9 Å². The molecule has 1 aromatic rings. The fraction of sp³-hybridized carbons (Fsp3) is 0.583. The van der Waals surface area contributed by atoms with Gasteiger partial charge in [0, 0.05) is 18.2 Å². The van der Waals surface area contributed by atoms with E-state index < -0.39 is 0 Å². The number of hydrogen-bond donors (Lipinski definition) is 3. The van der Waals surface area contributed by atoms with Gasteiger partial charge in [0.2, 0.25) is 0 Å². The van der Waals surface area contributed by atoms with Gasteiger partial charge in [-0.3, -0.25) is 0 Å². The molecule has 17 heavy (non-hydrogen) atoms. The number of anilines is 2. The van der Waals surface area contributed by atoms with Crippen LogP contribution in [-0.2, 0) is 0 Å². The molecule has 0 spiro atoms. The summed E-state index contributed by atoms with van der Waals surface area (Å²) in [6.07, 6.45) is 6.06. The van der Waals surface area contributed by atoms with E-state index >= 15 is 0 Å². The van der Waals surface area contributed by atoms with Crippen molar-refractivity contribution in [1.82, 2.24) is 4.98 Å². The molecule has 0 radical (unpaired) electrons. The number of nitrogens with two attached hydrogens (primary N) is 1. The third-order valence-corrected chi connectivity index (χ3v) is 3.72. The lowest BCUT2D eigenvalue weighted by Gasteiger charge is -2.27. The van der Waals surface area contributed by atoms with Crippen molar-refractivity contribution < 1.29 is 5.11 Å². The summed E-state index contributed by atoms with van der Waals surface area (Å²) >= 11 is 5.79. The Hall–Kier alpha value is -1.00. The molecule has 4 nitrogen and oxygen atoms in total. The molecule has 0 saturated heterocycles. The molecule has 94 valence electrons. The van der Waals surface area contributed by atoms with Crippen LogP contribution in [0.3, 0.4) is 0 Å². The first-order valence-corrected chi connectivity index (χ1v) is 6.29. The summed E-state index contributed by atoms with van der Waals surface area (Å²) in [5.41, 5.74) is 6.36. The third kappa shape index (κ3) is 2.82. The Morgan fingerprint density at radius 1 is 1.47 bits per heavy atom. The van der Waals surface area contributed by atoms with E-state index in [-0.39, 0.29) is 12.0 Å². The first kappa shape index (κ1) is 12.5. The lowest BCUT2D eigenvalue weighted by molar-refractivity contribution is 0.142. The summed E-state index contributed by atoms with van der Waals surface area (Å²) in [5, 5.41) is 13.2. The number of aliphatic hydroxyl groups excluding tert-OH is 1. The van der Waals surface area contributed by atoms with E-state index in [0.717, 1.165) is 12.8 Å². The minimum absolute atomic E-state index is 0.00619. The summed E-state index contributed by atoms with van der Waals surface area (Å²) in [7, 11) is 0. The predicted octanol–water partition coefficient (Wildman–Crippen LogP) is 2.28. The van der Waals surface area contributed by atoms with E-state index in [1.807, 2.05) is 0 Å². The standard InChI is InChI=1S/C12H18ClN3O/c13-9-5-10(14)11(15-6-9)16-7-12(8-17)3-1-2-4-12/h5-6,17H,1-4,7-8,14H2,(H,15,16). The van der Waals surface area contributed by atoms with Gasteiger partial charge in [-0.1, -0.05) is 24.4 Å². The van der Waals surface area contributed by atoms with Gasteiger partial charge in [0.1, 0.15) is 5.82 Å². The van der Waals surface area contributed by atoms with E-state index in [9.17, 15) is 5.11 Å². The number of rotatable bonds is 4. The molecule has 0 unspecified atom stereocenters. The molecule has 1 fully saturated rings. The first-order valence-electron chi connectivity index (χ1n) is 5.91. The van der Waals surface area contributed by atoms with Crippen LogP contribution in [-0.4, -0.2) is 23.2 Å². The minimum atomic E-state index is -0.00619. The lowest BCUT2D eigenvalue weighted by atomic mass is 9.87. The summed E-state index contributed by atoms with van der Waals surface area (Å²) in [4.78, 5) is 4.15. The van der Waals surface area contributed by atoms with Crippen molar-refractivity contribution in [2.24, 2.45) is 5.41 Å². The minimum Gasteiger partial charge on any atom is -0.396 e. The molecule has 0 aliphatic heterocycles. The quantitative estimate of drug-likeness (QED) is 0.772. The maximum Gasteiger partial charge on any atom is 0.149 e. The smallest absolute Gasteiger partial charge is 0.149 e. The van der Waals surface area contributed by atoms with Crippen LogP contribution in [0.25, 0.3) is 0 Å². The second-order valence-electron chi connectivity index (χ2n) is 4.81. The van der Waals surface area contributed by atoms with Crippen LogP contribution in [0.1, 0.15) is 25.7 Å². The molecule has 4 N–H and O–H groups in total. The molecule has 0 aromatic carbocycles. The Labute approximate surface area is 106 Å². The van der Waals surface area contributed by atoms with Crippen molar-refractivity contribution in [3.63, 3.8) is 0 Å². The number of pyridine rings is 1. The van der Waals surface area contributed by atoms with E-state index in [2.05, 4.69) is 10.3 Å². The predicted molar refractivity (Wildman–Crippen MR) is 70.1 cm³/mol. The number of hydrogen-bond acceptors (Lipinski definition) is 4. The first-order chi connectivity index (χ1) is 8.15. The van der Waals surface area contributed by atoms with Gasteiger partial charge in [0.15, 0.2) is 0 Å². The van der Waals surface area contributed by atoms with Crippen LogP contribution in [0.15, 0.2) is 12.3 Å². The van der Waals surface area contributed by atoms with Gasteiger partial charge in [-0.2, -0.15) is 0 Å². The van der Waals surface area contributed by atoms with Gasteiger partial charge >= 0.3 is 0 Å². The highest BCUT2D eigenvalue weighted by atomic mass is 35.5. The lowest BCUT2D eigenvalue weighted by Crippen LogP contribution is -2.31. The number of nitrogens with one attached hydrogen (secondary N) is 1. The van der Waals surface area contributed by atoms with Crippen LogP contribution in [0.5, 0.6) is 0 Å². The van der Waals surface area contributed by atoms with Crippen LogP contribution < -0.4 is 11.1 Å². The Balaban J connectivity index is 2.01. The van der Waals surface area contributed by atoms with Crippen molar-refractivity contribution >= 4 is 23.1 Å². The summed E-state index contributed by atoms with van der Waals surface area (Å²) < 4.78 is 0. The molecule has 0 amide bonds. The van der Waals surface area contributed by atoms with Crippen LogP contribution >= 0.6 is 11.6 Å². The SMILES string of the molecule is Nc1cc(Cl)cnc1NCC1(CO)CCCC1. The van der Waals surface area contributed by atoms with Crippen molar-refractivity contribution in [3.05, 3.63) is 17.3 Å². The van der Waals surface area contributed by atoms with Gasteiger partial charge in [-0.15, -0.1) is 0 Å². The Kier molecular flexibility index (Phi) is 3.74. The molecule has 5 heteroatoms. The summed E-state index contributed by atoms with van der Waals surface area (Å²) in [5.74, 6) is 0.647. The van der Waals surface area contributed by atoms with E-state index in [1.54, 1.807) is 12.3 Å². The van der Waals surface area contributed by atoms with Crippen molar-refractivity contribution in [2.75, 3.05) is 24.2 Å². The average Bonchev–Trinajstić information content (AvgIpc) is 2.77. The molecular formula is C12H18ClN3O. The number of nitrogens with zero attached hydrogens (tertiary/aromatic N) is 1. The molecule has 0 bridgehead atoms. The Morgan fingerprint density at radius 2 is 2.18 bits per heavy atom. The van der Waals surface area contributed by atoms with Gasteiger partial charge in [0.25, 0.3) is 0 Å². The fourth-order valence-corrected chi connectivity index (χ4v) is 2.56.